The molecular formula is C39H52N4O6. The number of ether oxygens (including phenoxy) is 1. The number of hydrogen-bond acceptors (Lipinski definition) is 6. The zero-order chi connectivity index (χ0) is 34.7. The van der Waals surface area contributed by atoms with Crippen molar-refractivity contribution in [1.82, 2.24) is 20.9 Å². The van der Waals surface area contributed by atoms with Crippen LogP contribution in [0.2, 0.25) is 0 Å². The molecule has 6 fully saturated rings. The maximum Gasteiger partial charge on any atom is 0.408 e. The molecule has 5 atom stereocenters. The fourth-order valence-corrected chi connectivity index (χ4v) is 10.9. The summed E-state index contributed by atoms with van der Waals surface area (Å²) >= 11 is 0. The highest BCUT2D eigenvalue weighted by Gasteiger charge is 2.70. The van der Waals surface area contributed by atoms with Gasteiger partial charge in [-0.3, -0.25) is 19.2 Å². The van der Waals surface area contributed by atoms with Gasteiger partial charge in [0, 0.05) is 13.1 Å². The number of nitrogens with zero attached hydrogens (tertiary/aromatic N) is 1. The van der Waals surface area contributed by atoms with Gasteiger partial charge in [0.2, 0.25) is 17.6 Å². The molecule has 4 amide bonds. The number of likely N-dealkylation sites (tertiary alicyclic amines) is 1. The maximum atomic E-state index is 14.8. The van der Waals surface area contributed by atoms with Crippen molar-refractivity contribution in [3.8, 4) is 0 Å². The predicted octanol–water partition coefficient (Wildman–Crippen LogP) is 4.10. The molecule has 0 spiro atoms. The number of amides is 4. The summed E-state index contributed by atoms with van der Waals surface area (Å²) in [5, 5.41) is 8.45. The average Bonchev–Trinajstić information content (AvgIpc) is 3.41. The van der Waals surface area contributed by atoms with Gasteiger partial charge in [0.05, 0.1) is 6.04 Å². The molecule has 264 valence electrons. The zero-order valence-corrected chi connectivity index (χ0v) is 29.2. The van der Waals surface area contributed by atoms with Crippen LogP contribution in [-0.2, 0) is 36.8 Å². The van der Waals surface area contributed by atoms with Crippen molar-refractivity contribution in [3.63, 3.8) is 0 Å². The normalized spacial score (nSPS) is 32.8. The number of nitrogens with one attached hydrogen (secondary N) is 3. The molecular weight excluding hydrogens is 620 g/mol. The second-order valence-corrected chi connectivity index (χ2v) is 16.7. The Kier molecular flexibility index (Phi) is 8.89. The molecule has 0 aromatic heterocycles. The molecule has 1 aromatic carbocycles. The Labute approximate surface area is 289 Å². The van der Waals surface area contributed by atoms with Gasteiger partial charge in [0.25, 0.3) is 5.91 Å². The molecule has 10 heteroatoms. The van der Waals surface area contributed by atoms with Crippen LogP contribution in [0.3, 0.4) is 0 Å². The Morgan fingerprint density at radius 2 is 1.59 bits per heavy atom. The third-order valence-electron chi connectivity index (χ3n) is 13.0. The topological polar surface area (TPSA) is 134 Å². The minimum atomic E-state index is -1.01. The quantitative estimate of drug-likeness (QED) is 0.226. The molecule has 0 radical (unpaired) electrons. The minimum absolute atomic E-state index is 0.0937. The summed E-state index contributed by atoms with van der Waals surface area (Å²) in [7, 11) is 0. The van der Waals surface area contributed by atoms with Crippen molar-refractivity contribution in [2.24, 2.45) is 40.9 Å². The summed E-state index contributed by atoms with van der Waals surface area (Å²) < 4.78 is 6.34. The lowest BCUT2D eigenvalue weighted by Gasteiger charge is -2.55. The average molecular weight is 673 g/mol. The molecule has 1 aliphatic heterocycles. The first-order chi connectivity index (χ1) is 23.4. The molecule has 4 bridgehead atoms. The van der Waals surface area contributed by atoms with Crippen molar-refractivity contribution in [3.05, 3.63) is 48.0 Å². The number of piperidine rings is 1. The molecule has 3 N–H and O–H groups in total. The summed E-state index contributed by atoms with van der Waals surface area (Å²) in [5.41, 5.74) is 1.72. The van der Waals surface area contributed by atoms with Crippen LogP contribution in [0, 0.1) is 40.9 Å². The third-order valence-corrected chi connectivity index (χ3v) is 13.0. The van der Waals surface area contributed by atoms with Gasteiger partial charge < -0.3 is 25.6 Å². The predicted molar refractivity (Wildman–Crippen MR) is 183 cm³/mol. The minimum Gasteiger partial charge on any atom is -0.443 e. The van der Waals surface area contributed by atoms with E-state index in [1.807, 2.05) is 19.1 Å². The number of benzene rings is 1. The maximum absolute atomic E-state index is 14.8. The second-order valence-electron chi connectivity index (χ2n) is 16.7. The standard InChI is InChI=1S/C39H52N4O6/c1-5-9-29(33(44)35(46)40-12-6-2)41-34(45)32-30-28(38(30,3)4)21-43(32)36(47)31(27-16-25-10-7-8-11-26(25)17-27)42-37(48)49-39-18-22-13-23(19-39)15-24(14-22)20-39/h6-8,10-11,22-24,27-32H,2,5,9,12-21H2,1,3-4H3,(H,40,46)(H,41,45)(H,42,48)/t22?,23?,24?,28-,29?,30-,31?,32?,39?/m0/s1. The van der Waals surface area contributed by atoms with Gasteiger partial charge in [-0.1, -0.05) is 57.5 Å². The Balaban J connectivity index is 1.12. The van der Waals surface area contributed by atoms with Crippen molar-refractivity contribution in [1.29, 1.82) is 0 Å². The zero-order valence-electron chi connectivity index (χ0n) is 29.2. The summed E-state index contributed by atoms with van der Waals surface area (Å²) in [6, 6.07) is 5.44. The number of fused-ring (bicyclic) bond motifs is 2. The van der Waals surface area contributed by atoms with E-state index in [0.717, 1.165) is 30.4 Å². The van der Waals surface area contributed by atoms with Crippen molar-refractivity contribution in [2.45, 2.75) is 109 Å². The van der Waals surface area contributed by atoms with E-state index in [4.69, 9.17) is 4.74 Å². The second kappa shape index (κ2) is 12.9. The van der Waals surface area contributed by atoms with Gasteiger partial charge in [0.15, 0.2) is 0 Å². The molecule has 1 aromatic rings. The molecule has 10 nitrogen and oxygen atoms in total. The van der Waals surface area contributed by atoms with Crippen LogP contribution in [0.1, 0.15) is 83.3 Å². The Bertz CT molecular complexity index is 1480. The van der Waals surface area contributed by atoms with Gasteiger partial charge >= 0.3 is 6.09 Å². The van der Waals surface area contributed by atoms with Crippen LogP contribution in [0.15, 0.2) is 36.9 Å². The van der Waals surface area contributed by atoms with E-state index in [0.29, 0.717) is 50.0 Å². The Morgan fingerprint density at radius 1 is 0.980 bits per heavy atom. The van der Waals surface area contributed by atoms with Crippen LogP contribution in [0.4, 0.5) is 4.79 Å². The first-order valence-corrected chi connectivity index (χ1v) is 18.5. The van der Waals surface area contributed by atoms with Crippen LogP contribution < -0.4 is 16.0 Å². The number of rotatable bonds is 12. The largest absolute Gasteiger partial charge is 0.443 e. The van der Waals surface area contributed by atoms with Crippen LogP contribution in [0.5, 0.6) is 0 Å². The monoisotopic (exact) mass is 672 g/mol. The number of Topliss-reactive ketones (excluding diaryl/α,β-unsaturated/α-hetero) is 1. The summed E-state index contributed by atoms with van der Waals surface area (Å²) in [6.45, 7) is 10.2. The van der Waals surface area contributed by atoms with Crippen LogP contribution >= 0.6 is 0 Å². The lowest BCUT2D eigenvalue weighted by atomic mass is 9.54. The Morgan fingerprint density at radius 3 is 2.16 bits per heavy atom. The fourth-order valence-electron chi connectivity index (χ4n) is 10.9. The summed E-state index contributed by atoms with van der Waals surface area (Å²) in [6.07, 6.45) is 9.49. The number of ketones is 1. The van der Waals surface area contributed by atoms with Crippen molar-refractivity contribution < 1.29 is 28.7 Å². The van der Waals surface area contributed by atoms with Gasteiger partial charge in [-0.15, -0.1) is 6.58 Å². The van der Waals surface area contributed by atoms with Gasteiger partial charge in [0.1, 0.15) is 17.7 Å². The third kappa shape index (κ3) is 6.29. The van der Waals surface area contributed by atoms with E-state index < -0.39 is 47.4 Å². The van der Waals surface area contributed by atoms with E-state index in [1.165, 1.54) is 25.3 Å². The van der Waals surface area contributed by atoms with Gasteiger partial charge in [-0.2, -0.15) is 0 Å². The van der Waals surface area contributed by atoms with E-state index in [9.17, 15) is 24.0 Å². The highest BCUT2D eigenvalue weighted by atomic mass is 16.6. The highest BCUT2D eigenvalue weighted by molar-refractivity contribution is 6.38. The molecule has 5 saturated carbocycles. The molecule has 7 aliphatic rings. The first kappa shape index (κ1) is 33.8. The van der Waals surface area contributed by atoms with Crippen molar-refractivity contribution in [2.75, 3.05) is 13.1 Å². The fraction of sp³-hybridized carbons (Fsp3) is 0.667. The van der Waals surface area contributed by atoms with E-state index in [2.05, 4.69) is 48.5 Å². The molecule has 1 heterocycles. The number of alkyl carbamates (subject to hydrolysis) is 1. The summed E-state index contributed by atoms with van der Waals surface area (Å²) in [5.74, 6) is -0.549. The van der Waals surface area contributed by atoms with E-state index >= 15 is 0 Å². The van der Waals surface area contributed by atoms with E-state index in [1.54, 1.807) is 4.90 Å². The number of hydrogen-bond donors (Lipinski definition) is 3. The molecule has 6 aliphatic carbocycles. The van der Waals surface area contributed by atoms with Crippen molar-refractivity contribution >= 4 is 29.6 Å². The summed E-state index contributed by atoms with van der Waals surface area (Å²) in [4.78, 5) is 70.1. The molecule has 3 unspecified atom stereocenters. The smallest absolute Gasteiger partial charge is 0.408 e. The molecule has 8 rings (SSSR count). The number of carbonyl (C=O) groups excluding carboxylic acids is 5. The first-order valence-electron chi connectivity index (χ1n) is 18.5. The van der Waals surface area contributed by atoms with Gasteiger partial charge in [-0.05, 0) is 110 Å². The molecule has 49 heavy (non-hydrogen) atoms. The highest BCUT2D eigenvalue weighted by Crippen LogP contribution is 2.65. The lowest BCUT2D eigenvalue weighted by Crippen LogP contribution is -2.60. The van der Waals surface area contributed by atoms with Crippen LogP contribution in [0.25, 0.3) is 0 Å². The van der Waals surface area contributed by atoms with Crippen LogP contribution in [-0.4, -0.2) is 71.3 Å². The lowest BCUT2D eigenvalue weighted by molar-refractivity contribution is -0.145. The number of carbonyl (C=O) groups is 5. The Hall–Kier alpha value is -3.69. The SMILES string of the molecule is C=CCNC(=O)C(=O)C(CCC)NC(=O)C1[C@@H]2[C@H](CN1C(=O)C(NC(=O)OC13CC4CC(CC(C4)C1)C3)C1Cc3ccccc3C1)C2(C)C. The van der Waals surface area contributed by atoms with E-state index in [-0.39, 0.29) is 35.6 Å². The van der Waals surface area contributed by atoms with Gasteiger partial charge in [-0.25, -0.2) is 4.79 Å². The molecule has 1 saturated heterocycles.